The van der Waals surface area contributed by atoms with Crippen LogP contribution in [0.4, 0.5) is 0 Å². The molecule has 13 heteroatoms. The Hall–Kier alpha value is -2.88. The first-order valence-electron chi connectivity index (χ1n) is 15.3. The molecule has 2 aromatic carbocycles. The second kappa shape index (κ2) is 15.1. The molecule has 7 atom stereocenters. The van der Waals surface area contributed by atoms with Gasteiger partial charge in [0.05, 0.1) is 37.4 Å². The average molecular weight is 646 g/mol. The molecule has 12 nitrogen and oxygen atoms in total. The first-order chi connectivity index (χ1) is 21.7. The minimum absolute atomic E-state index is 0.00304. The van der Waals surface area contributed by atoms with Gasteiger partial charge in [-0.1, -0.05) is 36.4 Å². The summed E-state index contributed by atoms with van der Waals surface area (Å²) >= 11 is 0. The van der Waals surface area contributed by atoms with Gasteiger partial charge in [-0.2, -0.15) is 4.31 Å². The number of amides is 1. The molecule has 3 N–H and O–H groups in total. The van der Waals surface area contributed by atoms with Gasteiger partial charge in [0.15, 0.2) is 6.29 Å². The Bertz CT molecular complexity index is 1380. The Kier molecular flexibility index (Phi) is 11.3. The second-order valence-electron chi connectivity index (χ2n) is 11.6. The van der Waals surface area contributed by atoms with Crippen LogP contribution >= 0.6 is 0 Å². The first-order valence-corrected chi connectivity index (χ1v) is 16.7. The molecule has 45 heavy (non-hydrogen) atoms. The zero-order valence-electron chi connectivity index (χ0n) is 25.4. The third-order valence-electron chi connectivity index (χ3n) is 8.69. The van der Waals surface area contributed by atoms with E-state index < -0.39 is 40.7 Å². The highest BCUT2D eigenvalue weighted by atomic mass is 32.2. The van der Waals surface area contributed by atoms with Crippen molar-refractivity contribution in [1.29, 1.82) is 0 Å². The number of aliphatic hydroxyl groups is 2. The molecular formula is C32H43N3O9S. The van der Waals surface area contributed by atoms with Crippen LogP contribution in [0.2, 0.25) is 0 Å². The number of hydrogen-bond acceptors (Lipinski definition) is 10. The summed E-state index contributed by atoms with van der Waals surface area (Å²) < 4.78 is 51.6. The van der Waals surface area contributed by atoms with Crippen LogP contribution in [-0.2, 0) is 35.4 Å². The van der Waals surface area contributed by atoms with Crippen LogP contribution in [0.25, 0.3) is 0 Å². The molecule has 3 aliphatic heterocycles. The highest BCUT2D eigenvalue weighted by Crippen LogP contribution is 2.33. The number of ether oxygens (including phenoxy) is 4. The zero-order valence-corrected chi connectivity index (χ0v) is 26.3. The maximum Gasteiger partial charge on any atom is 0.243 e. The zero-order chi connectivity index (χ0) is 32.0. The third-order valence-corrected chi connectivity index (χ3v) is 10.5. The highest BCUT2D eigenvalue weighted by molar-refractivity contribution is 7.89. The van der Waals surface area contributed by atoms with Gasteiger partial charge in [-0.25, -0.2) is 8.42 Å². The summed E-state index contributed by atoms with van der Waals surface area (Å²) in [5.74, 6) is 0.428. The van der Waals surface area contributed by atoms with Crippen molar-refractivity contribution >= 4 is 15.9 Å². The van der Waals surface area contributed by atoms with Gasteiger partial charge in [0.25, 0.3) is 0 Å². The minimum Gasteiger partial charge on any atom is -0.497 e. The summed E-state index contributed by atoms with van der Waals surface area (Å²) in [4.78, 5) is 14.2. The lowest BCUT2D eigenvalue weighted by Crippen LogP contribution is -2.54. The number of aliphatic hydroxyl groups excluding tert-OH is 2. The van der Waals surface area contributed by atoms with Gasteiger partial charge in [-0.15, -0.1) is 6.58 Å². The quantitative estimate of drug-likeness (QED) is 0.181. The lowest BCUT2D eigenvalue weighted by molar-refractivity contribution is -0.170. The number of hydrogen-bond donors (Lipinski definition) is 3. The summed E-state index contributed by atoms with van der Waals surface area (Å²) in [5, 5.41) is 25.6. The summed E-state index contributed by atoms with van der Waals surface area (Å²) in [6.45, 7) is 4.54. The lowest BCUT2D eigenvalue weighted by Gasteiger charge is -2.34. The fourth-order valence-corrected chi connectivity index (χ4v) is 7.74. The van der Waals surface area contributed by atoms with Crippen LogP contribution in [0.15, 0.2) is 72.1 Å². The number of sulfonamides is 1. The Morgan fingerprint density at radius 1 is 1.13 bits per heavy atom. The topological polar surface area (TPSA) is 147 Å². The molecule has 0 aromatic heterocycles. The average Bonchev–Trinajstić information content (AvgIpc) is 3.75. The van der Waals surface area contributed by atoms with Crippen molar-refractivity contribution in [2.24, 2.45) is 5.92 Å². The largest absolute Gasteiger partial charge is 0.497 e. The van der Waals surface area contributed by atoms with Crippen molar-refractivity contribution in [2.45, 2.75) is 67.6 Å². The van der Waals surface area contributed by atoms with Crippen molar-refractivity contribution in [1.82, 2.24) is 14.5 Å². The van der Waals surface area contributed by atoms with Gasteiger partial charge < -0.3 is 34.1 Å². The maximum absolute atomic E-state index is 14.1. The Labute approximate surface area is 264 Å². The van der Waals surface area contributed by atoms with Crippen LogP contribution in [0.3, 0.4) is 0 Å². The molecule has 5 rings (SSSR count). The summed E-state index contributed by atoms with van der Waals surface area (Å²) in [6.07, 6.45) is -0.0498. The molecule has 3 heterocycles. The van der Waals surface area contributed by atoms with E-state index in [9.17, 15) is 23.4 Å². The lowest BCUT2D eigenvalue weighted by atomic mass is 10.0. The monoisotopic (exact) mass is 645 g/mol. The van der Waals surface area contributed by atoms with Crippen LogP contribution in [-0.4, -0.2) is 111 Å². The van der Waals surface area contributed by atoms with Crippen LogP contribution in [0.1, 0.15) is 24.8 Å². The van der Waals surface area contributed by atoms with Crippen LogP contribution < -0.4 is 10.1 Å². The normalized spacial score (nSPS) is 25.3. The third kappa shape index (κ3) is 8.10. The molecule has 1 unspecified atom stereocenters. The number of carbonyl (C=O) groups is 1. The maximum atomic E-state index is 14.1. The molecule has 1 amide bonds. The predicted molar refractivity (Wildman–Crippen MR) is 164 cm³/mol. The molecule has 2 aromatic rings. The fourth-order valence-electron chi connectivity index (χ4n) is 6.24. The number of nitrogens with one attached hydrogen (secondary N) is 1. The number of methoxy groups -OCH3 is 1. The van der Waals surface area contributed by atoms with Gasteiger partial charge >= 0.3 is 0 Å². The van der Waals surface area contributed by atoms with Gasteiger partial charge in [0.2, 0.25) is 22.3 Å². The van der Waals surface area contributed by atoms with Gasteiger partial charge in [0.1, 0.15) is 5.75 Å². The number of carbonyl (C=O) groups excluding carboxylic acids is 1. The Morgan fingerprint density at radius 3 is 2.60 bits per heavy atom. The summed E-state index contributed by atoms with van der Waals surface area (Å²) in [6, 6.07) is 14.2. The van der Waals surface area contributed by atoms with Crippen molar-refractivity contribution < 1.29 is 42.4 Å². The Balaban J connectivity index is 1.38. The molecular weight excluding hydrogens is 602 g/mol. The molecule has 3 aliphatic rings. The van der Waals surface area contributed by atoms with Crippen LogP contribution in [0.5, 0.6) is 5.75 Å². The number of rotatable bonds is 16. The van der Waals surface area contributed by atoms with Gasteiger partial charge in [0, 0.05) is 44.1 Å². The number of benzene rings is 2. The molecule has 0 spiro atoms. The standard InChI is InChI=1S/C32H43N3O9S/c1-3-16-35-23(9-14-30(35)37)19-34(45(39,40)25-12-10-24(41-2)11-13-25)20-28(36)27(18-22-7-5-4-6-8-22)33-32(38)44-29-21-43-31-26(29)15-17-42-31/h3-8,10-13,23,26-29,31-33,36,38H,1,9,14-21H2,2H3/t23-,26+,27-,28-,29+,31-,32?/m0/s1. The number of nitrogens with zero attached hydrogens (tertiary/aromatic N) is 2. The predicted octanol–water partition coefficient (Wildman–Crippen LogP) is 1.48. The van der Waals surface area contributed by atoms with Crippen molar-refractivity contribution in [2.75, 3.05) is 40.0 Å². The fraction of sp³-hybridized carbons (Fsp3) is 0.531. The second-order valence-corrected chi connectivity index (χ2v) is 13.5. The van der Waals surface area contributed by atoms with E-state index in [0.717, 1.165) is 12.0 Å². The highest BCUT2D eigenvalue weighted by Gasteiger charge is 2.44. The van der Waals surface area contributed by atoms with Gasteiger partial charge in [-0.3, -0.25) is 10.1 Å². The first kappa shape index (κ1) is 33.5. The van der Waals surface area contributed by atoms with E-state index in [1.165, 1.54) is 23.5 Å². The van der Waals surface area contributed by atoms with Crippen LogP contribution in [0, 0.1) is 5.92 Å². The molecule has 3 fully saturated rings. The summed E-state index contributed by atoms with van der Waals surface area (Å²) in [5.41, 5.74) is 0.873. The molecule has 0 saturated carbocycles. The van der Waals surface area contributed by atoms with E-state index in [1.54, 1.807) is 23.1 Å². The van der Waals surface area contributed by atoms with E-state index in [0.29, 0.717) is 31.7 Å². The molecule has 0 bridgehead atoms. The van der Waals surface area contributed by atoms with E-state index in [2.05, 4.69) is 11.9 Å². The number of likely N-dealkylation sites (tertiary alicyclic amines) is 1. The number of fused-ring (bicyclic) bond motifs is 1. The van der Waals surface area contributed by atoms with E-state index in [1.807, 2.05) is 30.3 Å². The molecule has 0 radical (unpaired) electrons. The minimum atomic E-state index is -4.13. The van der Waals surface area contributed by atoms with Crippen molar-refractivity contribution in [3.8, 4) is 5.75 Å². The van der Waals surface area contributed by atoms with Crippen molar-refractivity contribution in [3.05, 3.63) is 72.8 Å². The molecule has 3 saturated heterocycles. The van der Waals surface area contributed by atoms with E-state index >= 15 is 0 Å². The SMILES string of the molecule is C=CCN1C(=O)CC[C@H]1CN(C[C@H](O)[C@H](Cc1ccccc1)NC(O)O[C@@H]1CO[C@@H]2OCC[C@@H]21)S(=O)(=O)c1ccc(OC)cc1. The van der Waals surface area contributed by atoms with E-state index in [4.69, 9.17) is 18.9 Å². The van der Waals surface area contributed by atoms with E-state index in [-0.39, 0.29) is 49.1 Å². The molecule has 0 aliphatic carbocycles. The summed E-state index contributed by atoms with van der Waals surface area (Å²) in [7, 11) is -2.63. The van der Waals surface area contributed by atoms with Gasteiger partial charge in [-0.05, 0) is 49.1 Å². The smallest absolute Gasteiger partial charge is 0.243 e. The molecule has 246 valence electrons. The Morgan fingerprint density at radius 2 is 1.89 bits per heavy atom. The van der Waals surface area contributed by atoms with Crippen molar-refractivity contribution in [3.63, 3.8) is 0 Å².